The first-order chi connectivity index (χ1) is 12.1. The number of hydrogen-bond donors (Lipinski definition) is 2. The van der Waals surface area contributed by atoms with Crippen molar-refractivity contribution in [3.05, 3.63) is 60.2 Å². The van der Waals surface area contributed by atoms with Crippen LogP contribution in [0.25, 0.3) is 6.08 Å². The highest BCUT2D eigenvalue weighted by Crippen LogP contribution is 2.16. The molecule has 6 heteroatoms. The van der Waals surface area contributed by atoms with Crippen molar-refractivity contribution in [3.63, 3.8) is 0 Å². The lowest BCUT2D eigenvalue weighted by molar-refractivity contribution is -0.115. The standard InChI is InChI=1S/C19H20N2O3S/c1-3-24-16-10-7-14(8-11-16)9-12-18(22)21-19(25)20-15-5-4-6-17(13-15)23-2/h4-13H,3H2,1-2H3,(H2,20,21,22,25)/b12-9+. The Morgan fingerprint density at radius 2 is 1.92 bits per heavy atom. The SMILES string of the molecule is CCOc1ccc(/C=C/C(=O)NC(=S)Nc2cccc(OC)c2)cc1. The molecule has 2 rings (SSSR count). The molecule has 5 nitrogen and oxygen atoms in total. The van der Waals surface area contributed by atoms with E-state index in [2.05, 4.69) is 10.6 Å². The second kappa shape index (κ2) is 9.44. The minimum absolute atomic E-state index is 0.217. The Bertz CT molecular complexity index is 758. The van der Waals surface area contributed by atoms with Crippen molar-refractivity contribution < 1.29 is 14.3 Å². The minimum Gasteiger partial charge on any atom is -0.497 e. The molecule has 0 aliphatic carbocycles. The summed E-state index contributed by atoms with van der Waals surface area (Å²) in [6, 6.07) is 14.7. The van der Waals surface area contributed by atoms with E-state index in [4.69, 9.17) is 21.7 Å². The zero-order valence-corrected chi connectivity index (χ0v) is 14.9. The van der Waals surface area contributed by atoms with Crippen molar-refractivity contribution in [3.8, 4) is 11.5 Å². The molecule has 2 aromatic carbocycles. The fraction of sp³-hybridized carbons (Fsp3) is 0.158. The van der Waals surface area contributed by atoms with Crippen molar-refractivity contribution in [1.82, 2.24) is 5.32 Å². The molecule has 2 N–H and O–H groups in total. The zero-order valence-electron chi connectivity index (χ0n) is 14.1. The van der Waals surface area contributed by atoms with Gasteiger partial charge in [0.15, 0.2) is 5.11 Å². The lowest BCUT2D eigenvalue weighted by atomic mass is 10.2. The van der Waals surface area contributed by atoms with Gasteiger partial charge in [-0.25, -0.2) is 0 Å². The van der Waals surface area contributed by atoms with Crippen molar-refractivity contribution in [1.29, 1.82) is 0 Å². The second-order valence-electron chi connectivity index (χ2n) is 5.01. The molecule has 1 amide bonds. The van der Waals surface area contributed by atoms with Crippen LogP contribution in [0.3, 0.4) is 0 Å². The molecular formula is C19H20N2O3S. The summed E-state index contributed by atoms with van der Waals surface area (Å²) >= 11 is 5.13. The Morgan fingerprint density at radius 3 is 2.60 bits per heavy atom. The van der Waals surface area contributed by atoms with E-state index in [0.29, 0.717) is 12.4 Å². The predicted molar refractivity (Wildman–Crippen MR) is 104 cm³/mol. The van der Waals surface area contributed by atoms with E-state index in [1.165, 1.54) is 6.08 Å². The van der Waals surface area contributed by atoms with Crippen LogP contribution in [0.4, 0.5) is 5.69 Å². The average Bonchev–Trinajstić information content (AvgIpc) is 2.61. The average molecular weight is 356 g/mol. The number of rotatable bonds is 6. The first kappa shape index (κ1) is 18.5. The van der Waals surface area contributed by atoms with Crippen molar-refractivity contribution >= 4 is 35.0 Å². The first-order valence-corrected chi connectivity index (χ1v) is 8.18. The lowest BCUT2D eigenvalue weighted by Crippen LogP contribution is -2.32. The van der Waals surface area contributed by atoms with Crippen LogP contribution < -0.4 is 20.1 Å². The molecule has 0 heterocycles. The Hall–Kier alpha value is -2.86. The second-order valence-corrected chi connectivity index (χ2v) is 5.42. The summed E-state index contributed by atoms with van der Waals surface area (Å²) in [6.45, 7) is 2.55. The molecule has 0 saturated heterocycles. The number of ether oxygens (including phenoxy) is 2. The van der Waals surface area contributed by atoms with Crippen LogP contribution in [-0.4, -0.2) is 24.7 Å². The van der Waals surface area contributed by atoms with E-state index in [1.807, 2.05) is 49.4 Å². The Balaban J connectivity index is 1.87. The number of carbonyl (C=O) groups is 1. The van der Waals surface area contributed by atoms with E-state index >= 15 is 0 Å². The maximum absolute atomic E-state index is 11.9. The Kier molecular flexibility index (Phi) is 6.98. The Morgan fingerprint density at radius 1 is 1.16 bits per heavy atom. The molecule has 0 aromatic heterocycles. The van der Waals surface area contributed by atoms with E-state index in [-0.39, 0.29) is 11.0 Å². The van der Waals surface area contributed by atoms with Gasteiger partial charge in [0, 0.05) is 17.8 Å². The molecule has 0 bridgehead atoms. The van der Waals surface area contributed by atoms with Gasteiger partial charge < -0.3 is 14.8 Å². The molecule has 0 spiro atoms. The maximum Gasteiger partial charge on any atom is 0.250 e. The van der Waals surface area contributed by atoms with Gasteiger partial charge in [-0.3, -0.25) is 10.1 Å². The maximum atomic E-state index is 11.9. The number of carbonyl (C=O) groups excluding carboxylic acids is 1. The molecule has 0 aliphatic heterocycles. The largest absolute Gasteiger partial charge is 0.497 e. The Labute approximate surface area is 152 Å². The van der Waals surface area contributed by atoms with Crippen LogP contribution in [-0.2, 0) is 4.79 Å². The fourth-order valence-corrected chi connectivity index (χ4v) is 2.25. The topological polar surface area (TPSA) is 59.6 Å². The van der Waals surface area contributed by atoms with Gasteiger partial charge in [0.25, 0.3) is 0 Å². The molecule has 0 aliphatic rings. The van der Waals surface area contributed by atoms with Gasteiger partial charge in [-0.05, 0) is 55.0 Å². The molecule has 0 radical (unpaired) electrons. The smallest absolute Gasteiger partial charge is 0.250 e. The number of methoxy groups -OCH3 is 1. The molecule has 130 valence electrons. The third-order valence-corrected chi connectivity index (χ3v) is 3.39. The van der Waals surface area contributed by atoms with Gasteiger partial charge in [-0.15, -0.1) is 0 Å². The summed E-state index contributed by atoms with van der Waals surface area (Å²) in [6.07, 6.45) is 3.13. The van der Waals surface area contributed by atoms with Crippen LogP contribution in [0.2, 0.25) is 0 Å². The summed E-state index contributed by atoms with van der Waals surface area (Å²) in [5.41, 5.74) is 1.63. The number of amides is 1. The van der Waals surface area contributed by atoms with Crippen molar-refractivity contribution in [2.75, 3.05) is 19.0 Å². The molecule has 25 heavy (non-hydrogen) atoms. The van der Waals surface area contributed by atoms with Gasteiger partial charge >= 0.3 is 0 Å². The summed E-state index contributed by atoms with van der Waals surface area (Å²) in [5.74, 6) is 1.19. The third-order valence-electron chi connectivity index (χ3n) is 3.18. The summed E-state index contributed by atoms with van der Waals surface area (Å²) in [5, 5.41) is 5.75. The van der Waals surface area contributed by atoms with E-state index in [9.17, 15) is 4.79 Å². The van der Waals surface area contributed by atoms with Gasteiger partial charge in [0.05, 0.1) is 13.7 Å². The highest BCUT2D eigenvalue weighted by molar-refractivity contribution is 7.80. The van der Waals surface area contributed by atoms with E-state index < -0.39 is 0 Å². The molecular weight excluding hydrogens is 336 g/mol. The summed E-state index contributed by atoms with van der Waals surface area (Å²) in [7, 11) is 1.59. The lowest BCUT2D eigenvalue weighted by Gasteiger charge is -2.09. The van der Waals surface area contributed by atoms with Crippen LogP contribution in [0.5, 0.6) is 11.5 Å². The van der Waals surface area contributed by atoms with Crippen LogP contribution in [0, 0.1) is 0 Å². The number of benzene rings is 2. The molecule has 0 fully saturated rings. The molecule has 2 aromatic rings. The highest BCUT2D eigenvalue weighted by atomic mass is 32.1. The van der Waals surface area contributed by atoms with Crippen molar-refractivity contribution in [2.24, 2.45) is 0 Å². The van der Waals surface area contributed by atoms with Crippen LogP contribution >= 0.6 is 12.2 Å². The summed E-state index contributed by atoms with van der Waals surface area (Å²) in [4.78, 5) is 11.9. The quantitative estimate of drug-likeness (QED) is 0.611. The van der Waals surface area contributed by atoms with Crippen LogP contribution in [0.15, 0.2) is 54.6 Å². The molecule has 0 saturated carbocycles. The zero-order chi connectivity index (χ0) is 18.1. The van der Waals surface area contributed by atoms with Crippen LogP contribution in [0.1, 0.15) is 12.5 Å². The van der Waals surface area contributed by atoms with Gasteiger partial charge in [0.1, 0.15) is 11.5 Å². The van der Waals surface area contributed by atoms with Gasteiger partial charge in [-0.1, -0.05) is 18.2 Å². The number of hydrogen-bond acceptors (Lipinski definition) is 4. The monoisotopic (exact) mass is 356 g/mol. The minimum atomic E-state index is -0.311. The van der Waals surface area contributed by atoms with Crippen molar-refractivity contribution in [2.45, 2.75) is 6.92 Å². The molecule has 0 unspecified atom stereocenters. The predicted octanol–water partition coefficient (Wildman–Crippen LogP) is 3.62. The van der Waals surface area contributed by atoms with Gasteiger partial charge in [0.2, 0.25) is 5.91 Å². The first-order valence-electron chi connectivity index (χ1n) is 7.77. The van der Waals surface area contributed by atoms with E-state index in [1.54, 1.807) is 19.3 Å². The fourth-order valence-electron chi connectivity index (χ4n) is 2.03. The number of thiocarbonyl (C=S) groups is 1. The normalized spacial score (nSPS) is 10.3. The number of anilines is 1. The third kappa shape index (κ3) is 6.27. The van der Waals surface area contributed by atoms with E-state index in [0.717, 1.165) is 17.0 Å². The number of nitrogens with one attached hydrogen (secondary N) is 2. The summed E-state index contributed by atoms with van der Waals surface area (Å²) < 4.78 is 10.5. The molecule has 0 atom stereocenters. The highest BCUT2D eigenvalue weighted by Gasteiger charge is 2.02. The van der Waals surface area contributed by atoms with Gasteiger partial charge in [-0.2, -0.15) is 0 Å².